The molecule has 1 aliphatic carbocycles. The number of ether oxygens (including phenoxy) is 1. The number of aromatic nitrogens is 1. The summed E-state index contributed by atoms with van der Waals surface area (Å²) in [5.74, 6) is -0.0367. The molecule has 1 atom stereocenters. The Balaban J connectivity index is 1.79. The molecular weight excluding hydrogens is 377 g/mol. The van der Waals surface area contributed by atoms with Gasteiger partial charge in [0, 0.05) is 19.0 Å². The maximum atomic E-state index is 14.7. The zero-order valence-electron chi connectivity index (χ0n) is 16.5. The molecule has 1 aliphatic rings. The largest absolute Gasteiger partial charge is 0.489 e. The van der Waals surface area contributed by atoms with Crippen molar-refractivity contribution in [3.63, 3.8) is 0 Å². The number of benzene rings is 1. The predicted molar refractivity (Wildman–Crippen MR) is 110 cm³/mol. The first-order valence-corrected chi connectivity index (χ1v) is 10.4. The van der Waals surface area contributed by atoms with Crippen LogP contribution in [-0.2, 0) is 11.2 Å². The van der Waals surface area contributed by atoms with E-state index in [0.717, 1.165) is 38.5 Å². The van der Waals surface area contributed by atoms with Crippen LogP contribution in [0.25, 0.3) is 5.57 Å². The number of halogens is 1. The molecule has 0 fully saturated rings. The summed E-state index contributed by atoms with van der Waals surface area (Å²) in [6, 6.07) is 3.82. The fourth-order valence-electron chi connectivity index (χ4n) is 3.69. The number of hydrogen-bond donors (Lipinski definition) is 1. The van der Waals surface area contributed by atoms with Crippen LogP contribution in [0, 0.1) is 13.8 Å². The van der Waals surface area contributed by atoms with Crippen molar-refractivity contribution in [2.45, 2.75) is 58.5 Å². The SMILES string of the molecule is Cc1c(CCC(=O)O)ccc(OCC2=C(c3cncs3)CCC(C)(F)C2)c1C. The van der Waals surface area contributed by atoms with Crippen LogP contribution in [-0.4, -0.2) is 28.3 Å². The van der Waals surface area contributed by atoms with E-state index in [1.807, 2.05) is 32.2 Å². The Kier molecular flexibility index (Phi) is 6.18. The van der Waals surface area contributed by atoms with Crippen molar-refractivity contribution >= 4 is 22.9 Å². The second kappa shape index (κ2) is 8.43. The average Bonchev–Trinajstić information content (AvgIpc) is 3.15. The van der Waals surface area contributed by atoms with E-state index in [1.165, 1.54) is 0 Å². The number of nitrogens with zero attached hydrogens (tertiary/aromatic N) is 1. The van der Waals surface area contributed by atoms with Crippen LogP contribution in [0.5, 0.6) is 5.75 Å². The number of rotatable bonds is 7. The summed E-state index contributed by atoms with van der Waals surface area (Å²) in [4.78, 5) is 16.1. The second-order valence-electron chi connectivity index (χ2n) is 7.69. The molecule has 0 aliphatic heterocycles. The quantitative estimate of drug-likeness (QED) is 0.661. The Hall–Kier alpha value is -2.21. The number of hydrogen-bond acceptors (Lipinski definition) is 4. The molecule has 2 aromatic rings. The van der Waals surface area contributed by atoms with Gasteiger partial charge in [-0.3, -0.25) is 9.78 Å². The van der Waals surface area contributed by atoms with Crippen LogP contribution in [0.2, 0.25) is 0 Å². The van der Waals surface area contributed by atoms with Crippen molar-refractivity contribution in [2.24, 2.45) is 0 Å². The highest BCUT2D eigenvalue weighted by Crippen LogP contribution is 2.41. The lowest BCUT2D eigenvalue weighted by atomic mass is 9.82. The molecule has 0 saturated heterocycles. The first-order chi connectivity index (χ1) is 13.3. The van der Waals surface area contributed by atoms with Gasteiger partial charge in [-0.2, -0.15) is 0 Å². The van der Waals surface area contributed by atoms with Crippen LogP contribution in [0.1, 0.15) is 54.2 Å². The van der Waals surface area contributed by atoms with Gasteiger partial charge in [-0.1, -0.05) is 6.07 Å². The third kappa shape index (κ3) is 4.79. The Morgan fingerprint density at radius 2 is 2.14 bits per heavy atom. The van der Waals surface area contributed by atoms with Gasteiger partial charge in [-0.05, 0) is 73.9 Å². The molecule has 4 nitrogen and oxygen atoms in total. The van der Waals surface area contributed by atoms with Crippen molar-refractivity contribution in [2.75, 3.05) is 6.61 Å². The van der Waals surface area contributed by atoms with Gasteiger partial charge < -0.3 is 9.84 Å². The van der Waals surface area contributed by atoms with Crippen molar-refractivity contribution in [1.82, 2.24) is 4.98 Å². The number of aryl methyl sites for hydroxylation is 1. The molecule has 0 radical (unpaired) electrons. The van der Waals surface area contributed by atoms with E-state index in [9.17, 15) is 9.18 Å². The van der Waals surface area contributed by atoms with E-state index in [4.69, 9.17) is 9.84 Å². The Bertz CT molecular complexity index is 887. The van der Waals surface area contributed by atoms with E-state index < -0.39 is 11.6 Å². The number of carboxylic acids is 1. The molecule has 0 saturated carbocycles. The lowest BCUT2D eigenvalue weighted by Gasteiger charge is -2.30. The van der Waals surface area contributed by atoms with Gasteiger partial charge in [0.1, 0.15) is 18.0 Å². The van der Waals surface area contributed by atoms with Crippen LogP contribution in [0.3, 0.4) is 0 Å². The Labute approximate surface area is 169 Å². The molecular formula is C22H26FNO3S. The van der Waals surface area contributed by atoms with Gasteiger partial charge in [0.25, 0.3) is 0 Å². The number of aliphatic carboxylic acids is 1. The third-order valence-electron chi connectivity index (χ3n) is 5.49. The summed E-state index contributed by atoms with van der Waals surface area (Å²) in [5.41, 5.74) is 5.81. The fourth-order valence-corrected chi connectivity index (χ4v) is 4.43. The van der Waals surface area contributed by atoms with Crippen LogP contribution in [0.4, 0.5) is 4.39 Å². The smallest absolute Gasteiger partial charge is 0.303 e. The van der Waals surface area contributed by atoms with Crippen LogP contribution >= 0.6 is 11.3 Å². The van der Waals surface area contributed by atoms with E-state index >= 15 is 0 Å². The number of allylic oxidation sites excluding steroid dienone is 1. The molecule has 1 aromatic heterocycles. The van der Waals surface area contributed by atoms with Crippen molar-refractivity contribution in [1.29, 1.82) is 0 Å². The maximum absolute atomic E-state index is 14.7. The lowest BCUT2D eigenvalue weighted by Crippen LogP contribution is -2.25. The zero-order chi connectivity index (χ0) is 20.3. The summed E-state index contributed by atoms with van der Waals surface area (Å²) < 4.78 is 20.8. The third-order valence-corrected chi connectivity index (χ3v) is 6.33. The molecule has 1 aromatic carbocycles. The maximum Gasteiger partial charge on any atom is 0.303 e. The van der Waals surface area contributed by atoms with E-state index in [1.54, 1.807) is 23.8 Å². The van der Waals surface area contributed by atoms with E-state index in [2.05, 4.69) is 4.98 Å². The summed E-state index contributed by atoms with van der Waals surface area (Å²) >= 11 is 1.58. The summed E-state index contributed by atoms with van der Waals surface area (Å²) in [6.07, 6.45) is 4.03. The standard InChI is InChI=1S/C22H26FNO3S/c1-14-15(2)19(6-4-16(14)5-7-21(25)26)27-12-17-10-22(3,23)9-8-18(17)20-11-24-13-28-20/h4,6,11,13H,5,7-10,12H2,1-3H3,(H,25,26). The van der Waals surface area contributed by atoms with Crippen LogP contribution < -0.4 is 4.74 Å². The lowest BCUT2D eigenvalue weighted by molar-refractivity contribution is -0.136. The first kappa shape index (κ1) is 20.5. The normalized spacial score (nSPS) is 19.7. The summed E-state index contributed by atoms with van der Waals surface area (Å²) in [5, 5.41) is 8.90. The van der Waals surface area contributed by atoms with Crippen LogP contribution in [0.15, 0.2) is 29.4 Å². The van der Waals surface area contributed by atoms with Gasteiger partial charge in [-0.15, -0.1) is 11.3 Å². The monoisotopic (exact) mass is 403 g/mol. The van der Waals surface area contributed by atoms with Gasteiger partial charge in [-0.25, -0.2) is 4.39 Å². The molecule has 1 heterocycles. The molecule has 1 unspecified atom stereocenters. The van der Waals surface area contributed by atoms with E-state index in [0.29, 0.717) is 32.3 Å². The minimum Gasteiger partial charge on any atom is -0.489 e. The second-order valence-corrected chi connectivity index (χ2v) is 8.58. The predicted octanol–water partition coefficient (Wildman–Crippen LogP) is 5.52. The highest BCUT2D eigenvalue weighted by Gasteiger charge is 2.32. The Morgan fingerprint density at radius 3 is 2.82 bits per heavy atom. The first-order valence-electron chi connectivity index (χ1n) is 9.49. The van der Waals surface area contributed by atoms with Crippen molar-refractivity contribution in [3.05, 3.63) is 51.0 Å². The number of thiazole rings is 1. The fraction of sp³-hybridized carbons (Fsp3) is 0.455. The molecule has 150 valence electrons. The summed E-state index contributed by atoms with van der Waals surface area (Å²) in [6.45, 7) is 5.97. The van der Waals surface area contributed by atoms with Gasteiger partial charge >= 0.3 is 5.97 Å². The van der Waals surface area contributed by atoms with E-state index in [-0.39, 0.29) is 6.42 Å². The van der Waals surface area contributed by atoms with Gasteiger partial charge in [0.05, 0.1) is 10.4 Å². The number of carbonyl (C=O) groups is 1. The number of alkyl halides is 1. The molecule has 3 rings (SSSR count). The molecule has 0 amide bonds. The molecule has 0 bridgehead atoms. The highest BCUT2D eigenvalue weighted by atomic mass is 32.1. The van der Waals surface area contributed by atoms with Gasteiger partial charge in [0.15, 0.2) is 0 Å². The minimum atomic E-state index is -1.21. The molecule has 1 N–H and O–H groups in total. The zero-order valence-corrected chi connectivity index (χ0v) is 17.4. The minimum absolute atomic E-state index is 0.112. The molecule has 6 heteroatoms. The van der Waals surface area contributed by atoms with Crippen molar-refractivity contribution in [3.8, 4) is 5.75 Å². The summed E-state index contributed by atoms with van der Waals surface area (Å²) in [7, 11) is 0. The highest BCUT2D eigenvalue weighted by molar-refractivity contribution is 7.10. The average molecular weight is 404 g/mol. The molecule has 0 spiro atoms. The Morgan fingerprint density at radius 1 is 1.36 bits per heavy atom. The van der Waals surface area contributed by atoms with Crippen molar-refractivity contribution < 1.29 is 19.0 Å². The number of carboxylic acid groups (broad SMARTS) is 1. The topological polar surface area (TPSA) is 59.4 Å². The van der Waals surface area contributed by atoms with Gasteiger partial charge in [0.2, 0.25) is 0 Å². The molecule has 28 heavy (non-hydrogen) atoms.